The van der Waals surface area contributed by atoms with Crippen LogP contribution in [0.3, 0.4) is 0 Å². The first-order valence-electron chi connectivity index (χ1n) is 7.30. The fourth-order valence-electron chi connectivity index (χ4n) is 2.11. The first-order valence-corrected chi connectivity index (χ1v) is 7.30. The van der Waals surface area contributed by atoms with Crippen molar-refractivity contribution in [1.29, 1.82) is 0 Å². The fourth-order valence-corrected chi connectivity index (χ4v) is 2.11. The summed E-state index contributed by atoms with van der Waals surface area (Å²) in [6.07, 6.45) is 12.9. The molecule has 20 heavy (non-hydrogen) atoms. The van der Waals surface area contributed by atoms with Gasteiger partial charge in [-0.25, -0.2) is 0 Å². The average molecular weight is 266 g/mol. The normalized spacial score (nSPS) is 14.6. The van der Waals surface area contributed by atoms with Crippen LogP contribution in [0.5, 0.6) is 0 Å². The van der Waals surface area contributed by atoms with E-state index in [-0.39, 0.29) is 0 Å². The Bertz CT molecular complexity index is 486. The molecule has 0 aliphatic rings. The van der Waals surface area contributed by atoms with Gasteiger partial charge < -0.3 is 0 Å². The highest BCUT2D eigenvalue weighted by Gasteiger charge is 2.03. The van der Waals surface area contributed by atoms with Gasteiger partial charge in [0.25, 0.3) is 0 Å². The van der Waals surface area contributed by atoms with E-state index < -0.39 is 0 Å². The summed E-state index contributed by atoms with van der Waals surface area (Å²) < 4.78 is 0. The molecule has 0 heterocycles. The summed E-state index contributed by atoms with van der Waals surface area (Å²) in [6, 6.07) is 10.6. The molecule has 0 nitrogen and oxygen atoms in total. The van der Waals surface area contributed by atoms with Gasteiger partial charge in [-0.05, 0) is 56.2 Å². The summed E-state index contributed by atoms with van der Waals surface area (Å²) in [4.78, 5) is 0. The lowest BCUT2D eigenvalue weighted by atomic mass is 9.95. The first kappa shape index (κ1) is 16.2. The van der Waals surface area contributed by atoms with Gasteiger partial charge in [-0.2, -0.15) is 0 Å². The molecule has 1 aromatic carbocycles. The molecule has 0 aromatic heterocycles. The standard InChI is InChI=1S/C20H26/c1-5-11-17(3)18(4)12-10-15-19(6-2)16-20-13-8-7-9-14-20/h5-14,19H,2,15-16H2,1,3-4H3/b11-5-,12-10-,18-17+. The maximum absolute atomic E-state index is 3.96. The van der Waals surface area contributed by atoms with E-state index in [9.17, 15) is 0 Å². The minimum atomic E-state index is 0.503. The molecule has 1 unspecified atom stereocenters. The zero-order valence-electron chi connectivity index (χ0n) is 13.0. The topological polar surface area (TPSA) is 0 Å². The SMILES string of the molecule is C=CC(C\C=C/C(C)=C(C)/C=C\C)Cc1ccccc1. The molecule has 106 valence electrons. The van der Waals surface area contributed by atoms with E-state index in [4.69, 9.17) is 0 Å². The van der Waals surface area contributed by atoms with Crippen molar-refractivity contribution in [2.24, 2.45) is 5.92 Å². The molecule has 0 amide bonds. The van der Waals surface area contributed by atoms with E-state index in [0.717, 1.165) is 12.8 Å². The number of rotatable bonds is 7. The van der Waals surface area contributed by atoms with Crippen molar-refractivity contribution in [3.8, 4) is 0 Å². The van der Waals surface area contributed by atoms with Gasteiger partial charge >= 0.3 is 0 Å². The second-order valence-electron chi connectivity index (χ2n) is 5.19. The molecule has 0 heteroatoms. The van der Waals surface area contributed by atoms with Crippen LogP contribution in [0.25, 0.3) is 0 Å². The van der Waals surface area contributed by atoms with Crippen LogP contribution in [0, 0.1) is 5.92 Å². The van der Waals surface area contributed by atoms with Crippen LogP contribution in [0.15, 0.2) is 78.4 Å². The largest absolute Gasteiger partial charge is 0.103 e. The molecule has 0 N–H and O–H groups in total. The van der Waals surface area contributed by atoms with Gasteiger partial charge in [0.2, 0.25) is 0 Å². The first-order chi connectivity index (χ1) is 9.67. The van der Waals surface area contributed by atoms with Gasteiger partial charge in [0, 0.05) is 0 Å². The Morgan fingerprint density at radius 3 is 2.35 bits per heavy atom. The third-order valence-corrected chi connectivity index (χ3v) is 3.52. The molecule has 0 fully saturated rings. The molecule has 0 saturated heterocycles. The molecule has 1 aromatic rings. The zero-order chi connectivity index (χ0) is 14.8. The van der Waals surface area contributed by atoms with Crippen LogP contribution in [-0.2, 0) is 6.42 Å². The monoisotopic (exact) mass is 266 g/mol. The summed E-state index contributed by atoms with van der Waals surface area (Å²) in [5, 5.41) is 0. The maximum Gasteiger partial charge on any atom is -0.0161 e. The van der Waals surface area contributed by atoms with Gasteiger partial charge in [-0.3, -0.25) is 0 Å². The summed E-state index contributed by atoms with van der Waals surface area (Å²) in [7, 11) is 0. The Kier molecular flexibility index (Phi) is 7.42. The summed E-state index contributed by atoms with van der Waals surface area (Å²) in [6.45, 7) is 10.3. The number of hydrogen-bond donors (Lipinski definition) is 0. The van der Waals surface area contributed by atoms with Gasteiger partial charge in [0.05, 0.1) is 0 Å². The minimum Gasteiger partial charge on any atom is -0.103 e. The van der Waals surface area contributed by atoms with Crippen LogP contribution < -0.4 is 0 Å². The van der Waals surface area contributed by atoms with Crippen molar-refractivity contribution >= 4 is 0 Å². The van der Waals surface area contributed by atoms with Crippen LogP contribution in [0.2, 0.25) is 0 Å². The fraction of sp³-hybridized carbons (Fsp3) is 0.300. The lowest BCUT2D eigenvalue weighted by molar-refractivity contribution is 0.660. The van der Waals surface area contributed by atoms with Crippen molar-refractivity contribution in [1.82, 2.24) is 0 Å². The predicted molar refractivity (Wildman–Crippen MR) is 90.8 cm³/mol. The lowest BCUT2D eigenvalue weighted by Crippen LogP contribution is -1.99. The van der Waals surface area contributed by atoms with E-state index in [2.05, 4.69) is 81.1 Å². The molecule has 0 spiro atoms. The quantitative estimate of drug-likeness (QED) is 0.426. The van der Waals surface area contributed by atoms with Crippen molar-refractivity contribution < 1.29 is 0 Å². The van der Waals surface area contributed by atoms with Crippen LogP contribution in [0.1, 0.15) is 32.8 Å². The third-order valence-electron chi connectivity index (χ3n) is 3.52. The van der Waals surface area contributed by atoms with E-state index in [0.29, 0.717) is 5.92 Å². The maximum atomic E-state index is 3.96. The van der Waals surface area contributed by atoms with Crippen molar-refractivity contribution in [2.45, 2.75) is 33.6 Å². The van der Waals surface area contributed by atoms with E-state index in [1.807, 2.05) is 6.92 Å². The summed E-state index contributed by atoms with van der Waals surface area (Å²) >= 11 is 0. The minimum absolute atomic E-state index is 0.503. The van der Waals surface area contributed by atoms with Gasteiger partial charge in [0.15, 0.2) is 0 Å². The second-order valence-corrected chi connectivity index (χ2v) is 5.19. The number of benzene rings is 1. The van der Waals surface area contributed by atoms with Crippen molar-refractivity contribution in [3.05, 3.63) is 84.0 Å². The van der Waals surface area contributed by atoms with Gasteiger partial charge in [-0.15, -0.1) is 6.58 Å². The molecule has 0 bridgehead atoms. The Balaban J connectivity index is 2.58. The molecule has 0 aliphatic heterocycles. The molecular formula is C20H26. The van der Waals surface area contributed by atoms with Crippen LogP contribution in [-0.4, -0.2) is 0 Å². The van der Waals surface area contributed by atoms with Crippen LogP contribution in [0.4, 0.5) is 0 Å². The van der Waals surface area contributed by atoms with Gasteiger partial charge in [-0.1, -0.05) is 60.7 Å². The molecule has 0 aliphatic carbocycles. The highest BCUT2D eigenvalue weighted by molar-refractivity contribution is 5.30. The van der Waals surface area contributed by atoms with Crippen LogP contribution >= 0.6 is 0 Å². The van der Waals surface area contributed by atoms with E-state index in [1.165, 1.54) is 16.7 Å². The lowest BCUT2D eigenvalue weighted by Gasteiger charge is -2.10. The number of hydrogen-bond acceptors (Lipinski definition) is 0. The second kappa shape index (κ2) is 9.14. The molecule has 1 atom stereocenters. The zero-order valence-corrected chi connectivity index (χ0v) is 13.0. The Morgan fingerprint density at radius 2 is 1.75 bits per heavy atom. The van der Waals surface area contributed by atoms with E-state index in [1.54, 1.807) is 0 Å². The predicted octanol–water partition coefficient (Wildman–Crippen LogP) is 5.89. The molecule has 0 radical (unpaired) electrons. The third kappa shape index (κ3) is 5.88. The van der Waals surface area contributed by atoms with Gasteiger partial charge in [0.1, 0.15) is 0 Å². The highest BCUT2D eigenvalue weighted by Crippen LogP contribution is 2.15. The highest BCUT2D eigenvalue weighted by atomic mass is 14.1. The molecule has 1 rings (SSSR count). The smallest absolute Gasteiger partial charge is 0.0161 e. The summed E-state index contributed by atoms with van der Waals surface area (Å²) in [5.74, 6) is 0.503. The Hall–Kier alpha value is -1.82. The number of allylic oxidation sites excluding steroid dienone is 7. The average Bonchev–Trinajstić information content (AvgIpc) is 2.47. The van der Waals surface area contributed by atoms with E-state index >= 15 is 0 Å². The van der Waals surface area contributed by atoms with Crippen molar-refractivity contribution in [2.75, 3.05) is 0 Å². The Morgan fingerprint density at radius 1 is 1.10 bits per heavy atom. The van der Waals surface area contributed by atoms with Crippen molar-refractivity contribution in [3.63, 3.8) is 0 Å². The Labute approximate surface area is 124 Å². The molecular weight excluding hydrogens is 240 g/mol. The molecule has 0 saturated carbocycles. The summed E-state index contributed by atoms with van der Waals surface area (Å²) in [5.41, 5.74) is 4.02.